The van der Waals surface area contributed by atoms with Crippen molar-refractivity contribution in [3.05, 3.63) is 12.7 Å². The molecule has 15 heavy (non-hydrogen) atoms. The van der Waals surface area contributed by atoms with E-state index in [0.29, 0.717) is 5.92 Å². The van der Waals surface area contributed by atoms with Crippen LogP contribution in [0.2, 0.25) is 0 Å². The first-order valence-electron chi connectivity index (χ1n) is 5.73. The molecule has 1 aliphatic heterocycles. The van der Waals surface area contributed by atoms with E-state index < -0.39 is 0 Å². The lowest BCUT2D eigenvalue weighted by Gasteiger charge is -2.33. The molecule has 0 spiro atoms. The second kappa shape index (κ2) is 5.31. The highest BCUT2D eigenvalue weighted by Gasteiger charge is 2.26. The minimum absolute atomic E-state index is 0.104. The molecular formula is C12H22N2O. The number of rotatable bonds is 3. The Morgan fingerprint density at radius 2 is 2.00 bits per heavy atom. The second-order valence-electron chi connectivity index (χ2n) is 4.67. The first-order chi connectivity index (χ1) is 7.06. The lowest BCUT2D eigenvalue weighted by Crippen LogP contribution is -2.49. The Bertz CT molecular complexity index is 230. The van der Waals surface area contributed by atoms with Gasteiger partial charge in [0.15, 0.2) is 0 Å². The van der Waals surface area contributed by atoms with E-state index in [0.717, 1.165) is 25.9 Å². The van der Waals surface area contributed by atoms with Gasteiger partial charge in [-0.1, -0.05) is 19.9 Å². The molecule has 1 atom stereocenters. The van der Waals surface area contributed by atoms with E-state index in [1.807, 2.05) is 24.8 Å². The van der Waals surface area contributed by atoms with E-state index >= 15 is 0 Å². The van der Waals surface area contributed by atoms with E-state index in [-0.39, 0.29) is 17.9 Å². The maximum Gasteiger partial charge on any atom is 0.239 e. The van der Waals surface area contributed by atoms with Gasteiger partial charge in [-0.3, -0.25) is 4.79 Å². The number of nitrogens with two attached hydrogens (primary N) is 1. The smallest absolute Gasteiger partial charge is 0.239 e. The first-order valence-corrected chi connectivity index (χ1v) is 5.73. The van der Waals surface area contributed by atoms with Crippen molar-refractivity contribution in [3.63, 3.8) is 0 Å². The SMILES string of the molecule is C=CC1CCN(C(=O)C(N)C(C)C)CC1. The molecule has 1 unspecified atom stereocenters. The quantitative estimate of drug-likeness (QED) is 0.716. The zero-order chi connectivity index (χ0) is 11.4. The Morgan fingerprint density at radius 3 is 2.40 bits per heavy atom. The fourth-order valence-electron chi connectivity index (χ4n) is 1.85. The molecule has 0 saturated carbocycles. The van der Waals surface area contributed by atoms with E-state index in [2.05, 4.69) is 6.58 Å². The summed E-state index contributed by atoms with van der Waals surface area (Å²) in [5, 5.41) is 0. The lowest BCUT2D eigenvalue weighted by molar-refractivity contribution is -0.134. The average Bonchev–Trinajstić information content (AvgIpc) is 2.27. The number of carbonyl (C=O) groups excluding carboxylic acids is 1. The van der Waals surface area contributed by atoms with Gasteiger partial charge in [-0.25, -0.2) is 0 Å². The summed E-state index contributed by atoms with van der Waals surface area (Å²) in [6.45, 7) is 9.42. The Labute approximate surface area is 92.3 Å². The molecule has 1 amide bonds. The Balaban J connectivity index is 2.46. The lowest BCUT2D eigenvalue weighted by atomic mass is 9.95. The number of carbonyl (C=O) groups is 1. The predicted molar refractivity (Wildman–Crippen MR) is 62.3 cm³/mol. The summed E-state index contributed by atoms with van der Waals surface area (Å²) in [7, 11) is 0. The molecule has 0 bridgehead atoms. The average molecular weight is 210 g/mol. The number of hydrogen-bond donors (Lipinski definition) is 1. The van der Waals surface area contributed by atoms with Crippen molar-refractivity contribution < 1.29 is 4.79 Å². The van der Waals surface area contributed by atoms with Crippen molar-refractivity contribution in [3.8, 4) is 0 Å². The highest BCUT2D eigenvalue weighted by Crippen LogP contribution is 2.18. The minimum Gasteiger partial charge on any atom is -0.341 e. The summed E-state index contributed by atoms with van der Waals surface area (Å²) >= 11 is 0. The third-order valence-corrected chi connectivity index (χ3v) is 3.19. The van der Waals surface area contributed by atoms with Gasteiger partial charge in [0.05, 0.1) is 6.04 Å². The van der Waals surface area contributed by atoms with Crippen LogP contribution in [-0.4, -0.2) is 29.9 Å². The van der Waals surface area contributed by atoms with Crippen LogP contribution in [-0.2, 0) is 4.79 Å². The molecule has 1 rings (SSSR count). The fourth-order valence-corrected chi connectivity index (χ4v) is 1.85. The molecule has 1 saturated heterocycles. The molecule has 3 heteroatoms. The summed E-state index contributed by atoms with van der Waals surface area (Å²) in [6, 6.07) is -0.342. The largest absolute Gasteiger partial charge is 0.341 e. The number of piperidine rings is 1. The molecule has 3 nitrogen and oxygen atoms in total. The standard InChI is InChI=1S/C12H22N2O/c1-4-10-5-7-14(8-6-10)12(15)11(13)9(2)3/h4,9-11H,1,5-8,13H2,2-3H3. The van der Waals surface area contributed by atoms with Crippen LogP contribution < -0.4 is 5.73 Å². The van der Waals surface area contributed by atoms with Crippen molar-refractivity contribution in [2.24, 2.45) is 17.6 Å². The van der Waals surface area contributed by atoms with Gasteiger partial charge in [-0.2, -0.15) is 0 Å². The van der Waals surface area contributed by atoms with Crippen LogP contribution >= 0.6 is 0 Å². The molecule has 2 N–H and O–H groups in total. The Kier molecular flexibility index (Phi) is 4.33. The van der Waals surface area contributed by atoms with E-state index in [9.17, 15) is 4.79 Å². The summed E-state index contributed by atoms with van der Waals surface area (Å²) in [4.78, 5) is 13.8. The van der Waals surface area contributed by atoms with Gasteiger partial charge < -0.3 is 10.6 Å². The minimum atomic E-state index is -0.342. The number of likely N-dealkylation sites (tertiary alicyclic amines) is 1. The van der Waals surface area contributed by atoms with Gasteiger partial charge in [0.1, 0.15) is 0 Å². The maximum atomic E-state index is 11.9. The molecule has 86 valence electrons. The van der Waals surface area contributed by atoms with Crippen LogP contribution in [0, 0.1) is 11.8 Å². The summed E-state index contributed by atoms with van der Waals surface area (Å²) in [5.74, 6) is 0.895. The molecule has 1 aliphatic rings. The molecule has 0 aromatic rings. The van der Waals surface area contributed by atoms with E-state index in [1.54, 1.807) is 0 Å². The van der Waals surface area contributed by atoms with Gasteiger partial charge in [0, 0.05) is 13.1 Å². The van der Waals surface area contributed by atoms with E-state index in [4.69, 9.17) is 5.73 Å². The van der Waals surface area contributed by atoms with Crippen LogP contribution in [0.3, 0.4) is 0 Å². The van der Waals surface area contributed by atoms with Gasteiger partial charge in [-0.05, 0) is 24.7 Å². The van der Waals surface area contributed by atoms with Crippen LogP contribution in [0.5, 0.6) is 0 Å². The van der Waals surface area contributed by atoms with Gasteiger partial charge >= 0.3 is 0 Å². The van der Waals surface area contributed by atoms with Crippen LogP contribution in [0.15, 0.2) is 12.7 Å². The molecule has 1 fully saturated rings. The van der Waals surface area contributed by atoms with Crippen molar-refractivity contribution in [2.75, 3.05) is 13.1 Å². The maximum absolute atomic E-state index is 11.9. The van der Waals surface area contributed by atoms with Gasteiger partial charge in [0.25, 0.3) is 0 Å². The van der Waals surface area contributed by atoms with Crippen molar-refractivity contribution in [2.45, 2.75) is 32.7 Å². The fraction of sp³-hybridized carbons (Fsp3) is 0.750. The number of nitrogens with zero attached hydrogens (tertiary/aromatic N) is 1. The Morgan fingerprint density at radius 1 is 1.47 bits per heavy atom. The number of amides is 1. The normalized spacial score (nSPS) is 20.4. The third-order valence-electron chi connectivity index (χ3n) is 3.19. The topological polar surface area (TPSA) is 46.3 Å². The highest BCUT2D eigenvalue weighted by molar-refractivity contribution is 5.82. The molecule has 0 radical (unpaired) electrons. The monoisotopic (exact) mass is 210 g/mol. The zero-order valence-corrected chi connectivity index (χ0v) is 9.78. The Hall–Kier alpha value is -0.830. The van der Waals surface area contributed by atoms with Crippen molar-refractivity contribution in [1.82, 2.24) is 4.90 Å². The van der Waals surface area contributed by atoms with Crippen LogP contribution in [0.25, 0.3) is 0 Å². The highest BCUT2D eigenvalue weighted by atomic mass is 16.2. The third kappa shape index (κ3) is 3.06. The van der Waals surface area contributed by atoms with Gasteiger partial charge in [0.2, 0.25) is 5.91 Å². The predicted octanol–water partition coefficient (Wildman–Crippen LogP) is 1.39. The molecule has 0 aromatic carbocycles. The summed E-state index contributed by atoms with van der Waals surface area (Å²) in [5.41, 5.74) is 5.85. The zero-order valence-electron chi connectivity index (χ0n) is 9.78. The summed E-state index contributed by atoms with van der Waals surface area (Å²) < 4.78 is 0. The first kappa shape index (κ1) is 12.2. The van der Waals surface area contributed by atoms with Crippen LogP contribution in [0.1, 0.15) is 26.7 Å². The summed E-state index contributed by atoms with van der Waals surface area (Å²) in [6.07, 6.45) is 4.05. The van der Waals surface area contributed by atoms with Crippen LogP contribution in [0.4, 0.5) is 0 Å². The van der Waals surface area contributed by atoms with Crippen molar-refractivity contribution >= 4 is 5.91 Å². The molecule has 1 heterocycles. The molecular weight excluding hydrogens is 188 g/mol. The van der Waals surface area contributed by atoms with Gasteiger partial charge in [-0.15, -0.1) is 6.58 Å². The van der Waals surface area contributed by atoms with E-state index in [1.165, 1.54) is 0 Å². The molecule has 0 aromatic heterocycles. The van der Waals surface area contributed by atoms with Crippen molar-refractivity contribution in [1.29, 1.82) is 0 Å². The molecule has 0 aliphatic carbocycles. The number of hydrogen-bond acceptors (Lipinski definition) is 2. The second-order valence-corrected chi connectivity index (χ2v) is 4.67. The number of allylic oxidation sites excluding steroid dienone is 1.